The number of allylic oxidation sites excluding steroid dienone is 5. The summed E-state index contributed by atoms with van der Waals surface area (Å²) in [5.74, 6) is -1.90. The molecule has 1 fully saturated rings. The third kappa shape index (κ3) is 4.52. The van der Waals surface area contributed by atoms with Crippen molar-refractivity contribution in [1.29, 1.82) is 5.41 Å². The Balaban J connectivity index is 1.77. The van der Waals surface area contributed by atoms with Crippen LogP contribution in [0.3, 0.4) is 0 Å². The number of phenolic OH excluding ortho intramolecular Hbond substituents is 1. The number of methoxy groups -OCH3 is 1. The number of hydrogen-bond donors (Lipinski definition) is 3. The van der Waals surface area contributed by atoms with Crippen molar-refractivity contribution < 1.29 is 23.8 Å². The maximum Gasteiger partial charge on any atom is 0.330 e. The molecule has 186 valence electrons. The van der Waals surface area contributed by atoms with Crippen LogP contribution in [-0.4, -0.2) is 65.3 Å². The van der Waals surface area contributed by atoms with Crippen molar-refractivity contribution in [2.75, 3.05) is 26.7 Å². The lowest BCUT2D eigenvalue weighted by atomic mass is 9.90. The predicted octanol–water partition coefficient (Wildman–Crippen LogP) is 4.40. The van der Waals surface area contributed by atoms with E-state index in [9.17, 15) is 14.7 Å². The number of esters is 1. The molecule has 4 rings (SSSR count). The third-order valence-electron chi connectivity index (χ3n) is 6.19. The number of benzene rings is 2. The number of carbonyl (C=O) groups is 2. The molecule has 0 aromatic heterocycles. The van der Waals surface area contributed by atoms with Gasteiger partial charge in [-0.2, -0.15) is 0 Å². The molecule has 0 saturated carbocycles. The average Bonchev–Trinajstić information content (AvgIpc) is 2.88. The second kappa shape index (κ2) is 10.2. The van der Waals surface area contributed by atoms with E-state index in [0.29, 0.717) is 16.3 Å². The van der Waals surface area contributed by atoms with Crippen molar-refractivity contribution in [3.8, 4) is 5.75 Å². The molecule has 2 aliphatic rings. The Bertz CT molecular complexity index is 1400. The third-order valence-corrected chi connectivity index (χ3v) is 6.98. The summed E-state index contributed by atoms with van der Waals surface area (Å²) < 4.78 is 20.7. The molecule has 7 nitrogen and oxygen atoms in total. The Kier molecular flexibility index (Phi) is 7.23. The van der Waals surface area contributed by atoms with Gasteiger partial charge in [0.15, 0.2) is 5.83 Å². The largest absolute Gasteiger partial charge is 0.508 e. The van der Waals surface area contributed by atoms with Crippen LogP contribution in [0.4, 0.5) is 4.39 Å². The van der Waals surface area contributed by atoms with Crippen LogP contribution in [0.5, 0.6) is 5.75 Å². The summed E-state index contributed by atoms with van der Waals surface area (Å²) in [4.78, 5) is 27.7. The van der Waals surface area contributed by atoms with Crippen LogP contribution in [0.15, 0.2) is 76.6 Å². The molecule has 2 aromatic carbocycles. The standard InChI is InChI=1S/C26H23ClFN3O4S/c1-3-21(33)30-8-9-31(20(13-30)26(34)35-2)25(36)18-12-19(27)22(23(28)24(18)29)17-11-15(32)10-14-6-4-5-7-16(14)17/h3-7,10-12,20,29,32,36H,1,8-9,13H2,2H3/b25-18-,29-24?. The Labute approximate surface area is 217 Å². The minimum absolute atomic E-state index is 0.0101. The molecule has 2 aromatic rings. The molecule has 0 radical (unpaired) electrons. The number of carbonyl (C=O) groups excluding carboxylic acids is 2. The first-order chi connectivity index (χ1) is 17.2. The molecule has 10 heteroatoms. The number of hydrogen-bond acceptors (Lipinski definition) is 7. The van der Waals surface area contributed by atoms with E-state index in [4.69, 9.17) is 21.7 Å². The first-order valence-corrected chi connectivity index (χ1v) is 11.8. The number of halogens is 2. The Morgan fingerprint density at radius 2 is 2.03 bits per heavy atom. The highest BCUT2D eigenvalue weighted by molar-refractivity contribution is 7.84. The minimum Gasteiger partial charge on any atom is -0.508 e. The monoisotopic (exact) mass is 527 g/mol. The maximum absolute atomic E-state index is 15.8. The van der Waals surface area contributed by atoms with Crippen LogP contribution in [-0.2, 0) is 14.3 Å². The lowest BCUT2D eigenvalue weighted by Gasteiger charge is -2.41. The predicted molar refractivity (Wildman–Crippen MR) is 141 cm³/mol. The van der Waals surface area contributed by atoms with E-state index in [2.05, 4.69) is 19.2 Å². The van der Waals surface area contributed by atoms with Gasteiger partial charge in [0.05, 0.1) is 23.7 Å². The minimum atomic E-state index is -0.920. The fraction of sp³-hybridized carbons (Fsp3) is 0.192. The van der Waals surface area contributed by atoms with Gasteiger partial charge < -0.3 is 19.6 Å². The molecule has 1 aliphatic carbocycles. The number of amides is 1. The summed E-state index contributed by atoms with van der Waals surface area (Å²) in [6.45, 7) is 3.94. The summed E-state index contributed by atoms with van der Waals surface area (Å²) in [5, 5.41) is 20.3. The van der Waals surface area contributed by atoms with Crippen molar-refractivity contribution in [2.24, 2.45) is 0 Å². The molecule has 36 heavy (non-hydrogen) atoms. The van der Waals surface area contributed by atoms with Gasteiger partial charge in [0.1, 0.15) is 17.5 Å². The van der Waals surface area contributed by atoms with Crippen LogP contribution >= 0.6 is 24.2 Å². The quantitative estimate of drug-likeness (QED) is 0.311. The van der Waals surface area contributed by atoms with Gasteiger partial charge in [-0.25, -0.2) is 9.18 Å². The zero-order valence-electron chi connectivity index (χ0n) is 19.3. The molecule has 2 N–H and O–H groups in total. The molecule has 0 spiro atoms. The summed E-state index contributed by atoms with van der Waals surface area (Å²) >= 11 is 11.1. The number of rotatable bonds is 4. The van der Waals surface area contributed by atoms with E-state index in [-0.39, 0.29) is 52.5 Å². The van der Waals surface area contributed by atoms with Crippen molar-refractivity contribution in [3.05, 3.63) is 82.2 Å². The van der Waals surface area contributed by atoms with Crippen LogP contribution in [0.25, 0.3) is 16.3 Å². The molecule has 1 atom stereocenters. The number of aromatic hydroxyl groups is 1. The average molecular weight is 528 g/mol. The van der Waals surface area contributed by atoms with E-state index in [0.717, 1.165) is 6.08 Å². The van der Waals surface area contributed by atoms with Crippen LogP contribution in [0.2, 0.25) is 0 Å². The molecule has 1 aliphatic heterocycles. The number of ether oxygens (including phenoxy) is 1. The smallest absolute Gasteiger partial charge is 0.330 e. The number of thiol groups is 1. The Morgan fingerprint density at radius 3 is 2.72 bits per heavy atom. The highest BCUT2D eigenvalue weighted by Gasteiger charge is 2.37. The molecule has 1 heterocycles. The van der Waals surface area contributed by atoms with Crippen LogP contribution in [0, 0.1) is 5.41 Å². The second-order valence-corrected chi connectivity index (χ2v) is 9.06. The lowest BCUT2D eigenvalue weighted by Crippen LogP contribution is -2.57. The maximum atomic E-state index is 15.8. The zero-order chi connectivity index (χ0) is 26.1. The Morgan fingerprint density at radius 1 is 1.31 bits per heavy atom. The zero-order valence-corrected chi connectivity index (χ0v) is 20.9. The molecule has 1 saturated heterocycles. The summed E-state index contributed by atoms with van der Waals surface area (Å²) in [5.41, 5.74) is -0.0751. The van der Waals surface area contributed by atoms with E-state index >= 15 is 4.39 Å². The van der Waals surface area contributed by atoms with Gasteiger partial charge in [0.2, 0.25) is 5.91 Å². The number of phenols is 1. The highest BCUT2D eigenvalue weighted by Crippen LogP contribution is 2.42. The van der Waals surface area contributed by atoms with Gasteiger partial charge in [-0.15, -0.1) is 12.6 Å². The van der Waals surface area contributed by atoms with Crippen LogP contribution in [0.1, 0.15) is 5.56 Å². The fourth-order valence-electron chi connectivity index (χ4n) is 4.40. The van der Waals surface area contributed by atoms with Gasteiger partial charge in [-0.3, -0.25) is 10.2 Å². The number of fused-ring (bicyclic) bond motifs is 1. The SMILES string of the molecule is C=CC(=O)N1CCN(/C(S)=C2\C=C(Cl)C(c3cc(O)cc4ccccc34)=C(F)C2=N)C(C(=O)OC)C1. The molecule has 1 unspecified atom stereocenters. The molecular formula is C26H23ClFN3O4S. The van der Waals surface area contributed by atoms with E-state index in [1.54, 1.807) is 35.2 Å². The fourth-order valence-corrected chi connectivity index (χ4v) is 5.11. The first kappa shape index (κ1) is 25.5. The molecule has 0 bridgehead atoms. The Hall–Kier alpha value is -3.56. The van der Waals surface area contributed by atoms with Gasteiger partial charge in [0.25, 0.3) is 0 Å². The lowest BCUT2D eigenvalue weighted by molar-refractivity contribution is -0.149. The van der Waals surface area contributed by atoms with Gasteiger partial charge in [-0.05, 0) is 40.6 Å². The van der Waals surface area contributed by atoms with E-state index < -0.39 is 23.5 Å². The van der Waals surface area contributed by atoms with E-state index in [1.807, 2.05) is 0 Å². The van der Waals surface area contributed by atoms with Gasteiger partial charge in [0, 0.05) is 24.2 Å². The summed E-state index contributed by atoms with van der Waals surface area (Å²) in [7, 11) is 1.23. The summed E-state index contributed by atoms with van der Waals surface area (Å²) in [6, 6.07) is 9.18. The first-order valence-electron chi connectivity index (χ1n) is 11.0. The normalized spacial score (nSPS) is 19.8. The van der Waals surface area contributed by atoms with Gasteiger partial charge in [-0.1, -0.05) is 42.4 Å². The molecular weight excluding hydrogens is 505 g/mol. The number of nitrogens with zero attached hydrogens (tertiary/aromatic N) is 2. The second-order valence-electron chi connectivity index (χ2n) is 8.23. The van der Waals surface area contributed by atoms with Crippen molar-refractivity contribution >= 4 is 58.2 Å². The topological polar surface area (TPSA) is 93.9 Å². The number of piperazine rings is 1. The highest BCUT2D eigenvalue weighted by atomic mass is 35.5. The van der Waals surface area contributed by atoms with E-state index in [1.165, 1.54) is 24.2 Å². The summed E-state index contributed by atoms with van der Waals surface area (Å²) in [6.07, 6.45) is 2.58. The van der Waals surface area contributed by atoms with Gasteiger partial charge >= 0.3 is 5.97 Å². The van der Waals surface area contributed by atoms with Crippen LogP contribution < -0.4 is 0 Å². The van der Waals surface area contributed by atoms with Crippen molar-refractivity contribution in [3.63, 3.8) is 0 Å². The number of nitrogens with one attached hydrogen (secondary N) is 1. The van der Waals surface area contributed by atoms with Crippen molar-refractivity contribution in [1.82, 2.24) is 9.80 Å². The molecule has 1 amide bonds. The van der Waals surface area contributed by atoms with Crippen molar-refractivity contribution in [2.45, 2.75) is 6.04 Å².